The lowest BCUT2D eigenvalue weighted by molar-refractivity contribution is 0.0680. The monoisotopic (exact) mass is 168 g/mol. The first-order chi connectivity index (χ1) is 5.74. The lowest BCUT2D eigenvalue weighted by Gasteiger charge is -2.32. The van der Waals surface area contributed by atoms with E-state index >= 15 is 0 Å². The van der Waals surface area contributed by atoms with E-state index in [1.165, 1.54) is 0 Å². The molecule has 3 heteroatoms. The van der Waals surface area contributed by atoms with Gasteiger partial charge in [0, 0.05) is 6.54 Å². The molecule has 0 amide bonds. The standard InChI is InChI=1S/C9H16N2O/c1-8(12)9-3-2-5-11(7-9)6-4-10/h8-9,12H,2-3,5-7H2,1H3. The molecule has 2 atom stereocenters. The quantitative estimate of drug-likeness (QED) is 0.614. The molecule has 0 spiro atoms. The molecule has 3 nitrogen and oxygen atoms in total. The van der Waals surface area contributed by atoms with E-state index in [9.17, 15) is 5.11 Å². The Morgan fingerprint density at radius 3 is 3.08 bits per heavy atom. The lowest BCUT2D eigenvalue weighted by Crippen LogP contribution is -2.39. The van der Waals surface area contributed by atoms with Crippen molar-refractivity contribution in [2.45, 2.75) is 25.9 Å². The Bertz CT molecular complexity index is 174. The van der Waals surface area contributed by atoms with Gasteiger partial charge in [-0.05, 0) is 32.2 Å². The van der Waals surface area contributed by atoms with Gasteiger partial charge in [-0.15, -0.1) is 0 Å². The van der Waals surface area contributed by atoms with Crippen molar-refractivity contribution in [3.63, 3.8) is 0 Å². The summed E-state index contributed by atoms with van der Waals surface area (Å²) in [5.41, 5.74) is 0. The van der Waals surface area contributed by atoms with E-state index in [1.54, 1.807) is 0 Å². The third kappa shape index (κ3) is 2.47. The van der Waals surface area contributed by atoms with Gasteiger partial charge in [0.1, 0.15) is 0 Å². The number of nitriles is 1. The minimum Gasteiger partial charge on any atom is -0.393 e. The number of rotatable bonds is 2. The summed E-state index contributed by atoms with van der Waals surface area (Å²) in [5.74, 6) is 0.368. The first kappa shape index (κ1) is 9.50. The molecule has 0 aromatic rings. The Morgan fingerprint density at radius 2 is 2.50 bits per heavy atom. The second-order valence-electron chi connectivity index (χ2n) is 3.54. The molecule has 0 bridgehead atoms. The Morgan fingerprint density at radius 1 is 1.75 bits per heavy atom. The maximum Gasteiger partial charge on any atom is 0.0866 e. The fourth-order valence-electron chi connectivity index (χ4n) is 1.73. The molecule has 1 aliphatic rings. The van der Waals surface area contributed by atoms with Crippen LogP contribution in [0.4, 0.5) is 0 Å². The molecule has 2 unspecified atom stereocenters. The molecule has 0 aromatic heterocycles. The predicted octanol–water partition coefficient (Wildman–Crippen LogP) is 0.603. The second-order valence-corrected chi connectivity index (χ2v) is 3.54. The predicted molar refractivity (Wildman–Crippen MR) is 46.5 cm³/mol. The topological polar surface area (TPSA) is 47.3 Å². The molecule has 1 fully saturated rings. The van der Waals surface area contributed by atoms with Crippen molar-refractivity contribution < 1.29 is 5.11 Å². The number of nitrogens with zero attached hydrogens (tertiary/aromatic N) is 2. The molecule has 1 heterocycles. The highest BCUT2D eigenvalue weighted by atomic mass is 16.3. The molecule has 1 rings (SSSR count). The highest BCUT2D eigenvalue weighted by Crippen LogP contribution is 2.18. The van der Waals surface area contributed by atoms with Gasteiger partial charge in [0.2, 0.25) is 0 Å². The fraction of sp³-hybridized carbons (Fsp3) is 0.889. The zero-order valence-electron chi connectivity index (χ0n) is 7.53. The number of piperidine rings is 1. The van der Waals surface area contributed by atoms with Crippen LogP contribution in [0.2, 0.25) is 0 Å². The number of aliphatic hydroxyl groups excluding tert-OH is 1. The normalized spacial score (nSPS) is 27.9. The van der Waals surface area contributed by atoms with Gasteiger partial charge in [-0.2, -0.15) is 5.26 Å². The zero-order chi connectivity index (χ0) is 8.97. The van der Waals surface area contributed by atoms with Crippen LogP contribution >= 0.6 is 0 Å². The summed E-state index contributed by atoms with van der Waals surface area (Å²) in [4.78, 5) is 2.11. The van der Waals surface area contributed by atoms with Gasteiger partial charge in [0.05, 0.1) is 18.7 Å². The van der Waals surface area contributed by atoms with E-state index in [0.717, 1.165) is 25.9 Å². The van der Waals surface area contributed by atoms with Crippen LogP contribution in [0, 0.1) is 17.2 Å². The summed E-state index contributed by atoms with van der Waals surface area (Å²) in [5, 5.41) is 17.8. The van der Waals surface area contributed by atoms with Crippen molar-refractivity contribution >= 4 is 0 Å². The van der Waals surface area contributed by atoms with Crippen molar-refractivity contribution in [3.8, 4) is 6.07 Å². The summed E-state index contributed by atoms with van der Waals surface area (Å²) < 4.78 is 0. The first-order valence-corrected chi connectivity index (χ1v) is 4.51. The number of hydrogen-bond acceptors (Lipinski definition) is 3. The molecule has 1 saturated heterocycles. The molecule has 12 heavy (non-hydrogen) atoms. The maximum atomic E-state index is 9.35. The van der Waals surface area contributed by atoms with Crippen molar-refractivity contribution in [1.82, 2.24) is 4.90 Å². The Kier molecular flexibility index (Phi) is 3.51. The van der Waals surface area contributed by atoms with E-state index < -0.39 is 0 Å². The Balaban J connectivity index is 2.36. The van der Waals surface area contributed by atoms with E-state index in [4.69, 9.17) is 5.26 Å². The highest BCUT2D eigenvalue weighted by Gasteiger charge is 2.22. The SMILES string of the molecule is CC(O)C1CCCN(CC#N)C1. The fourth-order valence-corrected chi connectivity index (χ4v) is 1.73. The van der Waals surface area contributed by atoms with Crippen molar-refractivity contribution in [1.29, 1.82) is 5.26 Å². The van der Waals surface area contributed by atoms with Crippen molar-refractivity contribution in [2.75, 3.05) is 19.6 Å². The Hall–Kier alpha value is -0.590. The summed E-state index contributed by atoms with van der Waals surface area (Å²) >= 11 is 0. The number of aliphatic hydroxyl groups is 1. The van der Waals surface area contributed by atoms with Gasteiger partial charge in [0.25, 0.3) is 0 Å². The van der Waals surface area contributed by atoms with Crippen LogP contribution in [-0.4, -0.2) is 35.7 Å². The van der Waals surface area contributed by atoms with Gasteiger partial charge < -0.3 is 5.11 Å². The van der Waals surface area contributed by atoms with Crippen LogP contribution in [0.1, 0.15) is 19.8 Å². The van der Waals surface area contributed by atoms with Crippen LogP contribution < -0.4 is 0 Å². The van der Waals surface area contributed by atoms with E-state index in [0.29, 0.717) is 12.5 Å². The molecule has 0 saturated carbocycles. The summed E-state index contributed by atoms with van der Waals surface area (Å²) in [6.07, 6.45) is 1.98. The third-order valence-electron chi connectivity index (χ3n) is 2.52. The van der Waals surface area contributed by atoms with Crippen LogP contribution in [0.5, 0.6) is 0 Å². The van der Waals surface area contributed by atoms with E-state index in [2.05, 4.69) is 11.0 Å². The van der Waals surface area contributed by atoms with E-state index in [-0.39, 0.29) is 6.10 Å². The molecule has 0 radical (unpaired) electrons. The molecule has 0 aliphatic carbocycles. The van der Waals surface area contributed by atoms with Gasteiger partial charge in [-0.25, -0.2) is 0 Å². The minimum atomic E-state index is -0.230. The van der Waals surface area contributed by atoms with Crippen LogP contribution in [0.15, 0.2) is 0 Å². The Labute approximate surface area is 73.6 Å². The molecule has 1 N–H and O–H groups in total. The number of likely N-dealkylation sites (tertiary alicyclic amines) is 1. The first-order valence-electron chi connectivity index (χ1n) is 4.51. The lowest BCUT2D eigenvalue weighted by atomic mass is 9.93. The molecule has 68 valence electrons. The smallest absolute Gasteiger partial charge is 0.0866 e. The van der Waals surface area contributed by atoms with Crippen LogP contribution in [-0.2, 0) is 0 Å². The van der Waals surface area contributed by atoms with Gasteiger partial charge >= 0.3 is 0 Å². The summed E-state index contributed by atoms with van der Waals surface area (Å²) in [7, 11) is 0. The van der Waals surface area contributed by atoms with Gasteiger partial charge in [-0.3, -0.25) is 4.90 Å². The largest absolute Gasteiger partial charge is 0.393 e. The molecular weight excluding hydrogens is 152 g/mol. The van der Waals surface area contributed by atoms with Crippen molar-refractivity contribution in [2.24, 2.45) is 5.92 Å². The molecular formula is C9H16N2O. The minimum absolute atomic E-state index is 0.230. The van der Waals surface area contributed by atoms with Gasteiger partial charge in [0.15, 0.2) is 0 Å². The van der Waals surface area contributed by atoms with Crippen molar-refractivity contribution in [3.05, 3.63) is 0 Å². The highest BCUT2D eigenvalue weighted by molar-refractivity contribution is 4.82. The third-order valence-corrected chi connectivity index (χ3v) is 2.52. The molecule has 0 aromatic carbocycles. The summed E-state index contributed by atoms with van der Waals surface area (Å²) in [6.45, 7) is 4.23. The zero-order valence-corrected chi connectivity index (χ0v) is 7.53. The summed E-state index contributed by atoms with van der Waals surface area (Å²) in [6, 6.07) is 2.14. The average Bonchev–Trinajstić information content (AvgIpc) is 2.05. The molecule has 1 aliphatic heterocycles. The van der Waals surface area contributed by atoms with Crippen LogP contribution in [0.25, 0.3) is 0 Å². The van der Waals surface area contributed by atoms with E-state index in [1.807, 2.05) is 6.92 Å². The number of hydrogen-bond donors (Lipinski definition) is 1. The maximum absolute atomic E-state index is 9.35. The van der Waals surface area contributed by atoms with Gasteiger partial charge in [-0.1, -0.05) is 0 Å². The van der Waals surface area contributed by atoms with Crippen LogP contribution in [0.3, 0.4) is 0 Å². The second kappa shape index (κ2) is 4.44. The average molecular weight is 168 g/mol.